The van der Waals surface area contributed by atoms with Crippen LogP contribution in [0.4, 0.5) is 0 Å². The molecule has 0 aliphatic carbocycles. The third-order valence-electron chi connectivity index (χ3n) is 2.51. The molecule has 0 saturated heterocycles. The summed E-state index contributed by atoms with van der Waals surface area (Å²) in [4.78, 5) is 0. The number of hydrogen-bond acceptors (Lipinski definition) is 4. The fraction of sp³-hybridized carbons (Fsp3) is 1.00. The number of hydrogen-bond donors (Lipinski definition) is 2. The van der Waals surface area contributed by atoms with E-state index >= 15 is 0 Å². The molecule has 0 spiro atoms. The van der Waals surface area contributed by atoms with E-state index in [0.29, 0.717) is 12.5 Å². The van der Waals surface area contributed by atoms with E-state index in [0.717, 1.165) is 0 Å². The van der Waals surface area contributed by atoms with Crippen LogP contribution in [0.25, 0.3) is 0 Å². The first-order chi connectivity index (χ1) is 6.81. The molecule has 0 fully saturated rings. The Morgan fingerprint density at radius 1 is 1.20 bits per heavy atom. The Balaban J connectivity index is 3.98. The molecule has 1 unspecified atom stereocenters. The Labute approximate surface area is 93.0 Å². The topological polar surface area (TPSA) is 66.4 Å². The predicted octanol–water partition coefficient (Wildman–Crippen LogP) is 0.416. The highest BCUT2D eigenvalue weighted by Crippen LogP contribution is 2.02. The summed E-state index contributed by atoms with van der Waals surface area (Å²) < 4.78 is 22.9. The summed E-state index contributed by atoms with van der Waals surface area (Å²) in [6, 6.07) is -0.0210. The van der Waals surface area contributed by atoms with Crippen LogP contribution in [0, 0.1) is 5.92 Å². The average molecular weight is 237 g/mol. The van der Waals surface area contributed by atoms with E-state index in [1.807, 2.05) is 13.8 Å². The fourth-order valence-corrected chi connectivity index (χ4v) is 2.01. The number of rotatable bonds is 7. The van der Waals surface area contributed by atoms with Crippen LogP contribution in [-0.4, -0.2) is 43.7 Å². The third-order valence-corrected chi connectivity index (χ3v) is 4.72. The first-order valence-electron chi connectivity index (χ1n) is 5.37. The van der Waals surface area contributed by atoms with Gasteiger partial charge in [-0.05, 0) is 19.8 Å². The molecule has 4 nitrogen and oxygen atoms in total. The zero-order chi connectivity index (χ0) is 12.1. The van der Waals surface area contributed by atoms with E-state index in [1.54, 1.807) is 13.8 Å². The summed E-state index contributed by atoms with van der Waals surface area (Å²) in [6.45, 7) is 7.79. The fourth-order valence-electron chi connectivity index (χ4n) is 1.13. The van der Waals surface area contributed by atoms with E-state index < -0.39 is 9.84 Å². The summed E-state index contributed by atoms with van der Waals surface area (Å²) in [7, 11) is -2.97. The zero-order valence-corrected chi connectivity index (χ0v) is 10.8. The smallest absolute Gasteiger partial charge is 0.153 e. The number of sulfone groups is 1. The van der Waals surface area contributed by atoms with Crippen molar-refractivity contribution >= 4 is 9.84 Å². The Kier molecular flexibility index (Phi) is 6.40. The predicted molar refractivity (Wildman–Crippen MR) is 62.6 cm³/mol. The van der Waals surface area contributed by atoms with Crippen molar-refractivity contribution in [1.29, 1.82) is 0 Å². The van der Waals surface area contributed by atoms with E-state index in [9.17, 15) is 8.42 Å². The Morgan fingerprint density at radius 3 is 2.07 bits per heavy atom. The molecular weight excluding hydrogens is 214 g/mol. The summed E-state index contributed by atoms with van der Waals surface area (Å²) in [5.74, 6) is 0.435. The molecule has 0 heterocycles. The molecule has 92 valence electrons. The van der Waals surface area contributed by atoms with Gasteiger partial charge in [0.1, 0.15) is 0 Å². The minimum absolute atomic E-state index is 0.0210. The molecule has 2 N–H and O–H groups in total. The standard InChI is InChI=1S/C10H23NO3S/c1-8(2)10(7-12)11-5-6-15(13,14)9(3)4/h8-12H,5-7H2,1-4H3. The van der Waals surface area contributed by atoms with Crippen molar-refractivity contribution in [1.82, 2.24) is 5.32 Å². The second-order valence-corrected chi connectivity index (χ2v) is 7.08. The van der Waals surface area contributed by atoms with Gasteiger partial charge in [-0.3, -0.25) is 0 Å². The molecule has 0 rings (SSSR count). The Hall–Kier alpha value is -0.130. The van der Waals surface area contributed by atoms with Crippen molar-refractivity contribution in [3.8, 4) is 0 Å². The van der Waals surface area contributed by atoms with Gasteiger partial charge in [-0.1, -0.05) is 13.8 Å². The first kappa shape index (κ1) is 14.9. The first-order valence-corrected chi connectivity index (χ1v) is 7.08. The van der Waals surface area contributed by atoms with Gasteiger partial charge in [0.05, 0.1) is 17.6 Å². The number of nitrogens with one attached hydrogen (secondary N) is 1. The Bertz CT molecular complexity index is 260. The molecule has 0 bridgehead atoms. The van der Waals surface area contributed by atoms with Gasteiger partial charge in [-0.15, -0.1) is 0 Å². The molecule has 0 aromatic carbocycles. The molecule has 15 heavy (non-hydrogen) atoms. The van der Waals surface area contributed by atoms with Gasteiger partial charge in [0.25, 0.3) is 0 Å². The van der Waals surface area contributed by atoms with Crippen LogP contribution in [0.15, 0.2) is 0 Å². The summed E-state index contributed by atoms with van der Waals surface area (Å²) in [6.07, 6.45) is 0. The normalized spacial score (nSPS) is 14.9. The van der Waals surface area contributed by atoms with Crippen LogP contribution < -0.4 is 5.32 Å². The lowest BCUT2D eigenvalue weighted by molar-refractivity contribution is 0.213. The molecule has 0 aromatic heterocycles. The highest BCUT2D eigenvalue weighted by molar-refractivity contribution is 7.92. The maximum absolute atomic E-state index is 11.5. The molecular formula is C10H23NO3S. The van der Waals surface area contributed by atoms with Gasteiger partial charge in [0, 0.05) is 12.6 Å². The van der Waals surface area contributed by atoms with Gasteiger partial charge in [-0.2, -0.15) is 0 Å². The monoisotopic (exact) mass is 237 g/mol. The van der Waals surface area contributed by atoms with Gasteiger partial charge >= 0.3 is 0 Å². The van der Waals surface area contributed by atoms with Crippen molar-refractivity contribution in [2.24, 2.45) is 5.92 Å². The average Bonchev–Trinajstić information content (AvgIpc) is 2.11. The minimum atomic E-state index is -2.97. The summed E-state index contributed by atoms with van der Waals surface area (Å²) in [5, 5.41) is 11.7. The van der Waals surface area contributed by atoms with Crippen LogP contribution in [0.3, 0.4) is 0 Å². The second kappa shape index (κ2) is 6.45. The number of aliphatic hydroxyl groups is 1. The molecule has 0 aliphatic heterocycles. The van der Waals surface area contributed by atoms with Crippen LogP contribution in [0.5, 0.6) is 0 Å². The van der Waals surface area contributed by atoms with Crippen molar-refractivity contribution in [3.63, 3.8) is 0 Å². The third kappa shape index (κ3) is 5.49. The lowest BCUT2D eigenvalue weighted by Gasteiger charge is -2.20. The van der Waals surface area contributed by atoms with Crippen LogP contribution in [0.2, 0.25) is 0 Å². The van der Waals surface area contributed by atoms with Gasteiger partial charge in [0.15, 0.2) is 9.84 Å². The lowest BCUT2D eigenvalue weighted by atomic mass is 10.1. The minimum Gasteiger partial charge on any atom is -0.395 e. The van der Waals surface area contributed by atoms with E-state index in [2.05, 4.69) is 5.32 Å². The van der Waals surface area contributed by atoms with E-state index in [1.165, 1.54) is 0 Å². The van der Waals surface area contributed by atoms with Crippen molar-refractivity contribution in [3.05, 3.63) is 0 Å². The van der Waals surface area contributed by atoms with E-state index in [-0.39, 0.29) is 23.7 Å². The van der Waals surface area contributed by atoms with Gasteiger partial charge < -0.3 is 10.4 Å². The highest BCUT2D eigenvalue weighted by atomic mass is 32.2. The SMILES string of the molecule is CC(C)C(CO)NCCS(=O)(=O)C(C)C. The maximum Gasteiger partial charge on any atom is 0.153 e. The van der Waals surface area contributed by atoms with Crippen molar-refractivity contribution < 1.29 is 13.5 Å². The number of aliphatic hydroxyl groups excluding tert-OH is 1. The van der Waals surface area contributed by atoms with Crippen LogP contribution in [-0.2, 0) is 9.84 Å². The maximum atomic E-state index is 11.5. The molecule has 0 aliphatic rings. The van der Waals surface area contributed by atoms with Crippen molar-refractivity contribution in [2.75, 3.05) is 18.9 Å². The van der Waals surface area contributed by atoms with Gasteiger partial charge in [0.2, 0.25) is 0 Å². The molecule has 0 aromatic rings. The zero-order valence-electron chi connectivity index (χ0n) is 10.0. The molecule has 0 saturated carbocycles. The molecule has 1 atom stereocenters. The lowest BCUT2D eigenvalue weighted by Crippen LogP contribution is -2.40. The molecule has 0 radical (unpaired) electrons. The Morgan fingerprint density at radius 2 is 1.73 bits per heavy atom. The molecule has 0 amide bonds. The quantitative estimate of drug-likeness (QED) is 0.673. The molecule has 5 heteroatoms. The second-order valence-electron chi connectivity index (χ2n) is 4.40. The van der Waals surface area contributed by atoms with E-state index in [4.69, 9.17) is 5.11 Å². The van der Waals surface area contributed by atoms with Gasteiger partial charge in [-0.25, -0.2) is 8.42 Å². The van der Waals surface area contributed by atoms with Crippen molar-refractivity contribution in [2.45, 2.75) is 39.0 Å². The summed E-state index contributed by atoms with van der Waals surface area (Å²) >= 11 is 0. The largest absolute Gasteiger partial charge is 0.395 e. The van der Waals surface area contributed by atoms with Crippen LogP contribution >= 0.6 is 0 Å². The summed E-state index contributed by atoms with van der Waals surface area (Å²) in [5.41, 5.74) is 0. The van der Waals surface area contributed by atoms with Crippen LogP contribution in [0.1, 0.15) is 27.7 Å². The highest BCUT2D eigenvalue weighted by Gasteiger charge is 2.17.